The summed E-state index contributed by atoms with van der Waals surface area (Å²) in [6, 6.07) is 1.91. The average molecular weight is 595 g/mol. The Balaban J connectivity index is 1.69. The molecule has 0 radical (unpaired) electrons. The molecule has 3 aliphatic rings. The highest BCUT2D eigenvalue weighted by atomic mass is 32.2. The van der Waals surface area contributed by atoms with Crippen molar-refractivity contribution in [3.8, 4) is 0 Å². The van der Waals surface area contributed by atoms with Crippen molar-refractivity contribution in [2.24, 2.45) is 17.8 Å². The first kappa shape index (κ1) is 31.9. The molecule has 1 aromatic rings. The molecule has 1 amide bonds. The van der Waals surface area contributed by atoms with Crippen molar-refractivity contribution in [1.82, 2.24) is 25.1 Å². The van der Waals surface area contributed by atoms with Gasteiger partial charge in [-0.25, -0.2) is 4.98 Å². The average Bonchev–Trinajstić information content (AvgIpc) is 3.08. The fraction of sp³-hybridized carbons (Fsp3) is 0.594. The zero-order valence-electron chi connectivity index (χ0n) is 26.7. The Hall–Kier alpha value is -2.98. The summed E-state index contributed by atoms with van der Waals surface area (Å²) in [7, 11) is 7.53. The van der Waals surface area contributed by atoms with Gasteiger partial charge in [-0.1, -0.05) is 39.8 Å². The van der Waals surface area contributed by atoms with E-state index in [9.17, 15) is 4.79 Å². The summed E-state index contributed by atoms with van der Waals surface area (Å²) in [5, 5.41) is 3.17. The van der Waals surface area contributed by atoms with Gasteiger partial charge in [0, 0.05) is 57.5 Å². The van der Waals surface area contributed by atoms with Gasteiger partial charge in [-0.2, -0.15) is 4.98 Å². The van der Waals surface area contributed by atoms with Crippen molar-refractivity contribution >= 4 is 28.6 Å². The predicted molar refractivity (Wildman–Crippen MR) is 175 cm³/mol. The minimum atomic E-state index is -0.742. The zero-order valence-corrected chi connectivity index (χ0v) is 27.5. The maximum atomic E-state index is 12.6. The number of carbonyl (C=O) groups is 1. The topological polar surface area (TPSA) is 91.7 Å². The number of amides is 1. The summed E-state index contributed by atoms with van der Waals surface area (Å²) < 4.78 is 11.3. The van der Waals surface area contributed by atoms with Crippen molar-refractivity contribution in [3.63, 3.8) is 0 Å². The van der Waals surface area contributed by atoms with Gasteiger partial charge in [-0.15, -0.1) is 0 Å². The summed E-state index contributed by atoms with van der Waals surface area (Å²) in [5.74, 6) is 3.32. The van der Waals surface area contributed by atoms with E-state index >= 15 is 0 Å². The smallest absolute Gasteiger partial charge is 0.227 e. The van der Waals surface area contributed by atoms with Gasteiger partial charge < -0.3 is 20.0 Å². The lowest BCUT2D eigenvalue weighted by Gasteiger charge is -2.38. The first-order chi connectivity index (χ1) is 20.0. The molecule has 0 spiro atoms. The molecule has 2 aliphatic carbocycles. The summed E-state index contributed by atoms with van der Waals surface area (Å²) >= 11 is 0. The van der Waals surface area contributed by atoms with Crippen LogP contribution in [0, 0.1) is 22.5 Å². The minimum Gasteiger partial charge on any atom is -0.372 e. The van der Waals surface area contributed by atoms with E-state index in [4.69, 9.17) is 14.7 Å². The molecule has 2 N–H and O–H groups in total. The predicted octanol–water partition coefficient (Wildman–Crippen LogP) is 5.10. The Morgan fingerprint density at radius 1 is 1.17 bits per heavy atom. The Morgan fingerprint density at radius 3 is 2.62 bits per heavy atom. The van der Waals surface area contributed by atoms with Crippen LogP contribution in [0.1, 0.15) is 53.4 Å². The lowest BCUT2D eigenvalue weighted by Crippen LogP contribution is -2.43. The molecule has 3 unspecified atom stereocenters. The van der Waals surface area contributed by atoms with Crippen molar-refractivity contribution in [1.29, 1.82) is 4.78 Å². The maximum Gasteiger partial charge on any atom is 0.227 e. The molecule has 1 aromatic heterocycles. The van der Waals surface area contributed by atoms with Crippen molar-refractivity contribution in [2.75, 3.05) is 56.2 Å². The molecule has 42 heavy (non-hydrogen) atoms. The van der Waals surface area contributed by atoms with Crippen LogP contribution in [-0.2, 0) is 15.7 Å². The van der Waals surface area contributed by atoms with Gasteiger partial charge >= 0.3 is 0 Å². The number of nitrogens with zero attached hydrogens (tertiary/aromatic N) is 6. The molecule has 10 heteroatoms. The molecule has 4 rings (SSSR count). The van der Waals surface area contributed by atoms with Gasteiger partial charge in [-0.3, -0.25) is 13.9 Å². The van der Waals surface area contributed by atoms with E-state index in [1.54, 1.807) is 0 Å². The summed E-state index contributed by atoms with van der Waals surface area (Å²) in [6.45, 7) is 10.4. The number of carbonyl (C=O) groups excluding carboxylic acids is 1. The summed E-state index contributed by atoms with van der Waals surface area (Å²) in [6.07, 6.45) is 14.2. The van der Waals surface area contributed by atoms with Crippen LogP contribution in [0.15, 0.2) is 59.2 Å². The molecule has 0 saturated carbocycles. The molecular formula is C32H50N8OS. The minimum absolute atomic E-state index is 0.000487. The van der Waals surface area contributed by atoms with E-state index in [0.29, 0.717) is 24.2 Å². The van der Waals surface area contributed by atoms with Crippen LogP contribution in [0.25, 0.3) is 0 Å². The maximum absolute atomic E-state index is 12.6. The standard InChI is InChI=1S/C32H50N8OS/c1-9-24-19-29(38(7)18-17-37(5)6)26(35-31(41)10-2)20-28(24)39(8)32-34-16-15-30(36-32)40-27-14-12-11-13-25(27)23(4)22(3)21-42(40)33/h12,14-16,19-20,22-24,28,33H,9-11,13,17-18,21H2,1-8H3,(H,35,41)/t22-,23+,24?,28?,42?/m1/s1. The van der Waals surface area contributed by atoms with Crippen LogP contribution in [0.5, 0.6) is 0 Å². The van der Waals surface area contributed by atoms with Crippen LogP contribution in [-0.4, -0.2) is 78.7 Å². The lowest BCUT2D eigenvalue weighted by molar-refractivity contribution is -0.120. The quantitative estimate of drug-likeness (QED) is 0.389. The van der Waals surface area contributed by atoms with Crippen molar-refractivity contribution in [3.05, 3.63) is 59.2 Å². The van der Waals surface area contributed by atoms with Gasteiger partial charge in [0.1, 0.15) is 5.82 Å². The van der Waals surface area contributed by atoms with E-state index in [-0.39, 0.29) is 17.9 Å². The van der Waals surface area contributed by atoms with Crippen LogP contribution < -0.4 is 14.5 Å². The summed E-state index contributed by atoms with van der Waals surface area (Å²) in [5.41, 5.74) is 4.48. The number of nitrogens with one attached hydrogen (secondary N) is 2. The van der Waals surface area contributed by atoms with E-state index in [2.05, 4.69) is 90.5 Å². The third-order valence-electron chi connectivity index (χ3n) is 8.83. The second kappa shape index (κ2) is 14.0. The van der Waals surface area contributed by atoms with Gasteiger partial charge in [0.05, 0.1) is 23.1 Å². The Kier molecular flexibility index (Phi) is 10.6. The fourth-order valence-electron chi connectivity index (χ4n) is 5.93. The normalized spacial score (nSPS) is 25.9. The fourth-order valence-corrected chi connectivity index (χ4v) is 7.61. The van der Waals surface area contributed by atoms with Gasteiger partial charge in [0.15, 0.2) is 0 Å². The highest BCUT2D eigenvalue weighted by Gasteiger charge is 2.33. The SMILES string of the molecule is CCC(=O)NC1=CC(N(C)c2nccc(N3C4=C(CCC=C4)[C@@H](C)[C@H](C)CS3=N)n2)C(CC)C=C1N(C)CCN(C)C. The Labute approximate surface area is 255 Å². The Bertz CT molecular complexity index is 1280. The van der Waals surface area contributed by atoms with Crippen LogP contribution in [0.4, 0.5) is 11.8 Å². The third kappa shape index (κ3) is 6.97. The number of hydrogen-bond acceptors (Lipinski definition) is 7. The molecule has 9 nitrogen and oxygen atoms in total. The van der Waals surface area contributed by atoms with E-state index in [1.165, 1.54) is 5.57 Å². The number of hydrogen-bond donors (Lipinski definition) is 2. The van der Waals surface area contributed by atoms with Crippen LogP contribution in [0.3, 0.4) is 0 Å². The Morgan fingerprint density at radius 2 is 1.93 bits per heavy atom. The van der Waals surface area contributed by atoms with Crippen molar-refractivity contribution < 1.29 is 4.79 Å². The number of rotatable bonds is 10. The van der Waals surface area contributed by atoms with Crippen LogP contribution >= 0.6 is 0 Å². The van der Waals surface area contributed by atoms with E-state index < -0.39 is 10.9 Å². The number of aromatic nitrogens is 2. The largest absolute Gasteiger partial charge is 0.372 e. The molecule has 0 aromatic carbocycles. The second-order valence-corrected chi connectivity index (χ2v) is 13.5. The monoisotopic (exact) mass is 594 g/mol. The van der Waals surface area contributed by atoms with E-state index in [0.717, 1.165) is 61.0 Å². The second-order valence-electron chi connectivity index (χ2n) is 12.1. The first-order valence-corrected chi connectivity index (χ1v) is 16.7. The molecule has 0 saturated heterocycles. The summed E-state index contributed by atoms with van der Waals surface area (Å²) in [4.78, 5) is 28.9. The van der Waals surface area contributed by atoms with Gasteiger partial charge in [0.25, 0.3) is 0 Å². The van der Waals surface area contributed by atoms with Crippen LogP contribution in [0.2, 0.25) is 0 Å². The molecular weight excluding hydrogens is 544 g/mol. The van der Waals surface area contributed by atoms with Crippen molar-refractivity contribution in [2.45, 2.75) is 59.4 Å². The zero-order chi connectivity index (χ0) is 30.6. The molecule has 1 aliphatic heterocycles. The number of likely N-dealkylation sites (N-methyl/N-ethyl adjacent to an activating group) is 3. The number of anilines is 2. The molecule has 2 heterocycles. The van der Waals surface area contributed by atoms with Gasteiger partial charge in [0.2, 0.25) is 11.9 Å². The van der Waals surface area contributed by atoms with E-state index in [1.807, 2.05) is 26.2 Å². The van der Waals surface area contributed by atoms with Gasteiger partial charge in [-0.05, 0) is 73.8 Å². The molecule has 230 valence electrons. The molecule has 0 fully saturated rings. The third-order valence-corrected chi connectivity index (χ3v) is 10.5. The molecule has 5 atom stereocenters. The first-order valence-electron chi connectivity index (χ1n) is 15.3. The lowest BCUT2D eigenvalue weighted by atomic mass is 9.84. The highest BCUT2D eigenvalue weighted by molar-refractivity contribution is 7.87. The molecule has 0 bridgehead atoms. The highest BCUT2D eigenvalue weighted by Crippen LogP contribution is 2.39. The number of allylic oxidation sites excluding steroid dienone is 3.